The van der Waals surface area contributed by atoms with Crippen LogP contribution in [0.3, 0.4) is 0 Å². The number of thiophene rings is 1. The first-order chi connectivity index (χ1) is 8.08. The van der Waals surface area contributed by atoms with Crippen molar-refractivity contribution in [3.05, 3.63) is 34.5 Å². The largest absolute Gasteiger partial charge is 0.506 e. The van der Waals surface area contributed by atoms with Crippen molar-refractivity contribution in [2.24, 2.45) is 0 Å². The molecule has 2 rings (SSSR count). The highest BCUT2D eigenvalue weighted by Gasteiger charge is 2.09. The molecule has 90 valence electrons. The Balaban J connectivity index is 2.39. The fourth-order valence-electron chi connectivity index (χ4n) is 1.75. The molecule has 0 aliphatic rings. The Morgan fingerprint density at radius 2 is 2.06 bits per heavy atom. The molecule has 0 atom stereocenters. The van der Waals surface area contributed by atoms with Crippen LogP contribution in [0.2, 0.25) is 0 Å². The second kappa shape index (κ2) is 4.77. The number of benzene rings is 1. The van der Waals surface area contributed by atoms with Gasteiger partial charge < -0.3 is 15.7 Å². The molecular weight excluding hydrogens is 232 g/mol. The van der Waals surface area contributed by atoms with Gasteiger partial charge in [-0.05, 0) is 53.7 Å². The van der Waals surface area contributed by atoms with Gasteiger partial charge in [0.05, 0.1) is 5.69 Å². The van der Waals surface area contributed by atoms with E-state index in [-0.39, 0.29) is 5.75 Å². The molecule has 4 heteroatoms. The molecule has 0 radical (unpaired) electrons. The summed E-state index contributed by atoms with van der Waals surface area (Å²) >= 11 is 1.67. The molecule has 3 N–H and O–H groups in total. The minimum absolute atomic E-state index is 0.143. The van der Waals surface area contributed by atoms with Crippen LogP contribution in [0.5, 0.6) is 5.75 Å². The molecular formula is C13H16N2OS. The fraction of sp³-hybridized carbons (Fsp3) is 0.231. The molecule has 1 aromatic carbocycles. The molecule has 0 aliphatic carbocycles. The maximum Gasteiger partial charge on any atom is 0.139 e. The van der Waals surface area contributed by atoms with Gasteiger partial charge in [-0.1, -0.05) is 6.07 Å². The van der Waals surface area contributed by atoms with E-state index in [9.17, 15) is 5.11 Å². The van der Waals surface area contributed by atoms with Crippen molar-refractivity contribution in [3.8, 4) is 16.9 Å². The van der Waals surface area contributed by atoms with E-state index in [4.69, 9.17) is 5.73 Å². The Morgan fingerprint density at radius 3 is 2.71 bits per heavy atom. The zero-order valence-electron chi connectivity index (χ0n) is 9.97. The molecule has 1 heterocycles. The average molecular weight is 248 g/mol. The van der Waals surface area contributed by atoms with Gasteiger partial charge in [0.1, 0.15) is 5.75 Å². The van der Waals surface area contributed by atoms with Crippen molar-refractivity contribution in [2.45, 2.75) is 6.54 Å². The van der Waals surface area contributed by atoms with Crippen molar-refractivity contribution < 1.29 is 5.11 Å². The average Bonchev–Trinajstić information content (AvgIpc) is 2.69. The third-order valence-electron chi connectivity index (χ3n) is 2.57. The van der Waals surface area contributed by atoms with Gasteiger partial charge in [-0.3, -0.25) is 0 Å². The Morgan fingerprint density at radius 1 is 1.29 bits per heavy atom. The summed E-state index contributed by atoms with van der Waals surface area (Å²) in [6.07, 6.45) is 0. The van der Waals surface area contributed by atoms with Gasteiger partial charge in [0.25, 0.3) is 0 Å². The molecule has 0 fully saturated rings. The molecule has 2 aromatic rings. The van der Waals surface area contributed by atoms with Crippen LogP contribution in [0.25, 0.3) is 11.1 Å². The second-order valence-corrected chi connectivity index (χ2v) is 5.07. The molecule has 3 nitrogen and oxygen atoms in total. The monoisotopic (exact) mass is 248 g/mol. The number of nitrogens with zero attached hydrogens (tertiary/aromatic N) is 1. The standard InChI is InChI=1S/C13H16N2OS/c1-15(2)6-10-7-17-8-11(10)9-3-4-12(14)13(16)5-9/h3-5,7-8,16H,6,14H2,1-2H3. The molecule has 0 amide bonds. The minimum Gasteiger partial charge on any atom is -0.506 e. The summed E-state index contributed by atoms with van der Waals surface area (Å²) in [6, 6.07) is 5.40. The van der Waals surface area contributed by atoms with Crippen molar-refractivity contribution in [3.63, 3.8) is 0 Å². The van der Waals surface area contributed by atoms with Crippen LogP contribution in [0.4, 0.5) is 5.69 Å². The lowest BCUT2D eigenvalue weighted by Gasteiger charge is -2.11. The van der Waals surface area contributed by atoms with Crippen molar-refractivity contribution in [2.75, 3.05) is 19.8 Å². The quantitative estimate of drug-likeness (QED) is 0.648. The van der Waals surface area contributed by atoms with Crippen LogP contribution in [-0.2, 0) is 6.54 Å². The summed E-state index contributed by atoms with van der Waals surface area (Å²) in [5.41, 5.74) is 9.46. The lowest BCUT2D eigenvalue weighted by atomic mass is 10.0. The van der Waals surface area contributed by atoms with E-state index in [0.29, 0.717) is 5.69 Å². The smallest absolute Gasteiger partial charge is 0.139 e. The van der Waals surface area contributed by atoms with Crippen LogP contribution < -0.4 is 5.73 Å². The van der Waals surface area contributed by atoms with E-state index in [1.54, 1.807) is 23.5 Å². The van der Waals surface area contributed by atoms with Crippen LogP contribution in [0.1, 0.15) is 5.56 Å². The summed E-state index contributed by atoms with van der Waals surface area (Å²) in [6.45, 7) is 0.893. The predicted molar refractivity (Wildman–Crippen MR) is 73.2 cm³/mol. The topological polar surface area (TPSA) is 49.5 Å². The summed E-state index contributed by atoms with van der Waals surface area (Å²) < 4.78 is 0. The molecule has 17 heavy (non-hydrogen) atoms. The molecule has 0 saturated heterocycles. The first kappa shape index (κ1) is 12.0. The highest BCUT2D eigenvalue weighted by atomic mass is 32.1. The first-order valence-corrected chi connectivity index (χ1v) is 6.31. The predicted octanol–water partition coefficient (Wildman–Crippen LogP) is 2.76. The van der Waals surface area contributed by atoms with Gasteiger partial charge in [0.15, 0.2) is 0 Å². The van der Waals surface area contributed by atoms with Crippen molar-refractivity contribution in [1.82, 2.24) is 4.90 Å². The third kappa shape index (κ3) is 2.60. The van der Waals surface area contributed by atoms with E-state index in [1.165, 1.54) is 11.1 Å². The van der Waals surface area contributed by atoms with Crippen LogP contribution in [0.15, 0.2) is 29.0 Å². The van der Waals surface area contributed by atoms with Gasteiger partial charge in [-0.2, -0.15) is 11.3 Å². The maximum atomic E-state index is 9.64. The van der Waals surface area contributed by atoms with Crippen LogP contribution >= 0.6 is 11.3 Å². The van der Waals surface area contributed by atoms with Crippen molar-refractivity contribution in [1.29, 1.82) is 0 Å². The zero-order valence-corrected chi connectivity index (χ0v) is 10.8. The van der Waals surface area contributed by atoms with Crippen LogP contribution in [-0.4, -0.2) is 24.1 Å². The fourth-order valence-corrected chi connectivity index (χ4v) is 2.61. The minimum atomic E-state index is 0.143. The maximum absolute atomic E-state index is 9.64. The van der Waals surface area contributed by atoms with E-state index in [2.05, 4.69) is 15.7 Å². The number of hydrogen-bond acceptors (Lipinski definition) is 4. The highest BCUT2D eigenvalue weighted by Crippen LogP contribution is 2.32. The normalized spacial score (nSPS) is 11.0. The molecule has 0 bridgehead atoms. The summed E-state index contributed by atoms with van der Waals surface area (Å²) in [5, 5.41) is 13.9. The Hall–Kier alpha value is -1.52. The second-order valence-electron chi connectivity index (χ2n) is 4.32. The van der Waals surface area contributed by atoms with Crippen molar-refractivity contribution >= 4 is 17.0 Å². The highest BCUT2D eigenvalue weighted by molar-refractivity contribution is 7.08. The molecule has 0 aliphatic heterocycles. The molecule has 0 unspecified atom stereocenters. The first-order valence-electron chi connectivity index (χ1n) is 5.36. The Labute approximate surface area is 105 Å². The van der Waals surface area contributed by atoms with E-state index in [1.807, 2.05) is 20.2 Å². The molecule has 0 saturated carbocycles. The van der Waals surface area contributed by atoms with Gasteiger partial charge in [0, 0.05) is 6.54 Å². The van der Waals surface area contributed by atoms with Gasteiger partial charge in [-0.25, -0.2) is 0 Å². The number of rotatable bonds is 3. The summed E-state index contributed by atoms with van der Waals surface area (Å²) in [4.78, 5) is 2.13. The number of phenols is 1. The third-order valence-corrected chi connectivity index (χ3v) is 3.36. The summed E-state index contributed by atoms with van der Waals surface area (Å²) in [5.74, 6) is 0.143. The number of hydrogen-bond donors (Lipinski definition) is 2. The Bertz CT molecular complexity index is 520. The van der Waals surface area contributed by atoms with Gasteiger partial charge in [0.2, 0.25) is 0 Å². The van der Waals surface area contributed by atoms with E-state index >= 15 is 0 Å². The summed E-state index contributed by atoms with van der Waals surface area (Å²) in [7, 11) is 4.09. The SMILES string of the molecule is CN(C)Cc1cscc1-c1ccc(N)c(O)c1. The van der Waals surface area contributed by atoms with Gasteiger partial charge in [-0.15, -0.1) is 0 Å². The number of nitrogens with two attached hydrogens (primary N) is 1. The zero-order chi connectivity index (χ0) is 12.4. The van der Waals surface area contributed by atoms with Gasteiger partial charge >= 0.3 is 0 Å². The van der Waals surface area contributed by atoms with E-state index in [0.717, 1.165) is 12.1 Å². The Kier molecular flexibility index (Phi) is 3.36. The molecule has 0 spiro atoms. The number of nitrogen functional groups attached to an aromatic ring is 1. The van der Waals surface area contributed by atoms with E-state index < -0.39 is 0 Å². The lowest BCUT2D eigenvalue weighted by molar-refractivity contribution is 0.403. The lowest BCUT2D eigenvalue weighted by Crippen LogP contribution is -2.10. The molecule has 1 aromatic heterocycles. The number of phenolic OH excluding ortho intramolecular Hbond substituents is 1. The number of anilines is 1. The number of aromatic hydroxyl groups is 1. The van der Waals surface area contributed by atoms with Crippen LogP contribution in [0, 0.1) is 0 Å².